The molecule has 1 heterocycles. The van der Waals surface area contributed by atoms with Gasteiger partial charge in [-0.25, -0.2) is 4.79 Å². The Morgan fingerprint density at radius 1 is 1.36 bits per heavy atom. The molecule has 5 heteroatoms. The normalized spacial score (nSPS) is 21.2. The standard InChI is InChI=1S/C17H26N2O3/c1-12-5-4-6-13(2)16(12)22-10-8-18-17(20)19-15-7-9-21-14(3)11-15/h4-6,14-15H,7-11H2,1-3H3,(H2,18,19,20)/t14-,15-/m1/s1. The quantitative estimate of drug-likeness (QED) is 0.822. The number of benzene rings is 1. The maximum Gasteiger partial charge on any atom is 0.315 e. The number of rotatable bonds is 5. The topological polar surface area (TPSA) is 59.6 Å². The van der Waals surface area contributed by atoms with E-state index >= 15 is 0 Å². The molecule has 1 aliphatic heterocycles. The summed E-state index contributed by atoms with van der Waals surface area (Å²) in [5.74, 6) is 0.906. The summed E-state index contributed by atoms with van der Waals surface area (Å²) in [7, 11) is 0. The van der Waals surface area contributed by atoms with Crippen LogP contribution < -0.4 is 15.4 Å². The van der Waals surface area contributed by atoms with Crippen molar-refractivity contribution in [2.45, 2.75) is 45.8 Å². The second-order valence-electron chi connectivity index (χ2n) is 5.87. The first-order valence-electron chi connectivity index (χ1n) is 7.91. The van der Waals surface area contributed by atoms with E-state index in [9.17, 15) is 4.79 Å². The van der Waals surface area contributed by atoms with Crippen LogP contribution in [-0.2, 0) is 4.74 Å². The van der Waals surface area contributed by atoms with Crippen molar-refractivity contribution in [2.24, 2.45) is 0 Å². The highest BCUT2D eigenvalue weighted by Crippen LogP contribution is 2.21. The van der Waals surface area contributed by atoms with Crippen LogP contribution in [0.15, 0.2) is 18.2 Å². The largest absolute Gasteiger partial charge is 0.491 e. The number of hydrogen-bond acceptors (Lipinski definition) is 3. The molecule has 0 saturated carbocycles. The molecule has 2 N–H and O–H groups in total. The van der Waals surface area contributed by atoms with Crippen LogP contribution in [0.3, 0.4) is 0 Å². The van der Waals surface area contributed by atoms with Gasteiger partial charge in [-0.15, -0.1) is 0 Å². The van der Waals surface area contributed by atoms with E-state index in [-0.39, 0.29) is 18.2 Å². The summed E-state index contributed by atoms with van der Waals surface area (Å²) in [6, 6.07) is 6.12. The fourth-order valence-corrected chi connectivity index (χ4v) is 2.71. The smallest absolute Gasteiger partial charge is 0.315 e. The number of amides is 2. The molecule has 1 fully saturated rings. The van der Waals surface area contributed by atoms with Crippen molar-refractivity contribution >= 4 is 6.03 Å². The molecule has 2 atom stereocenters. The molecule has 1 aliphatic rings. The number of ether oxygens (including phenoxy) is 2. The van der Waals surface area contributed by atoms with Crippen molar-refractivity contribution in [1.29, 1.82) is 0 Å². The minimum absolute atomic E-state index is 0.135. The molecule has 5 nitrogen and oxygen atoms in total. The SMILES string of the molecule is Cc1cccc(C)c1OCCNC(=O)N[C@@H]1CCO[C@H](C)C1. The molecule has 0 bridgehead atoms. The number of urea groups is 1. The minimum atomic E-state index is -0.135. The highest BCUT2D eigenvalue weighted by Gasteiger charge is 2.20. The third kappa shape index (κ3) is 4.91. The summed E-state index contributed by atoms with van der Waals surface area (Å²) in [4.78, 5) is 11.8. The van der Waals surface area contributed by atoms with E-state index in [0.29, 0.717) is 19.8 Å². The first-order valence-corrected chi connectivity index (χ1v) is 7.91. The molecule has 2 amide bonds. The maximum absolute atomic E-state index is 11.8. The van der Waals surface area contributed by atoms with Crippen LogP contribution in [0.1, 0.15) is 30.9 Å². The number of nitrogens with one attached hydrogen (secondary N) is 2. The van der Waals surface area contributed by atoms with E-state index in [0.717, 1.165) is 29.7 Å². The van der Waals surface area contributed by atoms with Gasteiger partial charge in [-0.1, -0.05) is 18.2 Å². The third-order valence-corrected chi connectivity index (χ3v) is 3.86. The fourth-order valence-electron chi connectivity index (χ4n) is 2.71. The van der Waals surface area contributed by atoms with Crippen LogP contribution in [0.5, 0.6) is 5.75 Å². The molecule has 0 radical (unpaired) electrons. The molecule has 0 unspecified atom stereocenters. The molecule has 1 aromatic rings. The van der Waals surface area contributed by atoms with Crippen molar-refractivity contribution in [3.63, 3.8) is 0 Å². The Morgan fingerprint density at radius 3 is 2.77 bits per heavy atom. The Bertz CT molecular complexity index is 484. The van der Waals surface area contributed by atoms with Gasteiger partial charge in [-0.3, -0.25) is 0 Å². The number of aryl methyl sites for hydroxylation is 2. The van der Waals surface area contributed by atoms with Crippen LogP contribution in [0, 0.1) is 13.8 Å². The zero-order chi connectivity index (χ0) is 15.9. The molecular weight excluding hydrogens is 280 g/mol. The van der Waals surface area contributed by atoms with Crippen molar-refractivity contribution in [3.8, 4) is 5.75 Å². The predicted molar refractivity (Wildman–Crippen MR) is 86.4 cm³/mol. The lowest BCUT2D eigenvalue weighted by Gasteiger charge is -2.27. The summed E-state index contributed by atoms with van der Waals surface area (Å²) in [6.07, 6.45) is 1.95. The van der Waals surface area contributed by atoms with Crippen molar-refractivity contribution in [3.05, 3.63) is 29.3 Å². The van der Waals surface area contributed by atoms with E-state index in [1.807, 2.05) is 39.0 Å². The van der Waals surface area contributed by atoms with Gasteiger partial charge < -0.3 is 20.1 Å². The van der Waals surface area contributed by atoms with Gasteiger partial charge >= 0.3 is 6.03 Å². The number of carbonyl (C=O) groups is 1. The van der Waals surface area contributed by atoms with Gasteiger partial charge in [0.2, 0.25) is 0 Å². The van der Waals surface area contributed by atoms with Crippen LogP contribution >= 0.6 is 0 Å². The van der Waals surface area contributed by atoms with Crippen LogP contribution in [0.25, 0.3) is 0 Å². The summed E-state index contributed by atoms with van der Waals surface area (Å²) >= 11 is 0. The average molecular weight is 306 g/mol. The van der Waals surface area contributed by atoms with Gasteiger partial charge in [-0.05, 0) is 44.7 Å². The summed E-state index contributed by atoms with van der Waals surface area (Å²) in [5.41, 5.74) is 2.22. The van der Waals surface area contributed by atoms with E-state index in [4.69, 9.17) is 9.47 Å². The third-order valence-electron chi connectivity index (χ3n) is 3.86. The number of carbonyl (C=O) groups excluding carboxylic acids is 1. The Kier molecular flexibility index (Phi) is 6.07. The van der Waals surface area contributed by atoms with Gasteiger partial charge in [0.05, 0.1) is 12.6 Å². The lowest BCUT2D eigenvalue weighted by Crippen LogP contribution is -2.46. The maximum atomic E-state index is 11.8. The second-order valence-corrected chi connectivity index (χ2v) is 5.87. The molecule has 22 heavy (non-hydrogen) atoms. The number of para-hydroxylation sites is 1. The summed E-state index contributed by atoms with van der Waals surface area (Å²) in [5, 5.41) is 5.82. The van der Waals surface area contributed by atoms with E-state index in [2.05, 4.69) is 10.6 Å². The zero-order valence-corrected chi connectivity index (χ0v) is 13.6. The molecule has 0 aromatic heterocycles. The van der Waals surface area contributed by atoms with Crippen molar-refractivity contribution in [2.75, 3.05) is 19.8 Å². The predicted octanol–water partition coefficient (Wildman–Crippen LogP) is 2.55. The van der Waals surface area contributed by atoms with Crippen LogP contribution in [0.4, 0.5) is 4.79 Å². The number of hydrogen-bond donors (Lipinski definition) is 2. The van der Waals surface area contributed by atoms with Gasteiger partial charge in [0.25, 0.3) is 0 Å². The Hall–Kier alpha value is -1.75. The molecule has 2 rings (SSSR count). The van der Waals surface area contributed by atoms with Crippen molar-refractivity contribution < 1.29 is 14.3 Å². The van der Waals surface area contributed by atoms with E-state index < -0.39 is 0 Å². The fraction of sp³-hybridized carbons (Fsp3) is 0.588. The molecular formula is C17H26N2O3. The van der Waals surface area contributed by atoms with Crippen LogP contribution in [0.2, 0.25) is 0 Å². The molecule has 122 valence electrons. The second kappa shape index (κ2) is 8.03. The van der Waals surface area contributed by atoms with E-state index in [1.54, 1.807) is 0 Å². The minimum Gasteiger partial charge on any atom is -0.491 e. The first kappa shape index (κ1) is 16.6. The Balaban J connectivity index is 1.67. The molecule has 1 saturated heterocycles. The van der Waals surface area contributed by atoms with Gasteiger partial charge in [0.1, 0.15) is 12.4 Å². The summed E-state index contributed by atoms with van der Waals surface area (Å²) < 4.78 is 11.2. The Labute approximate surface area is 132 Å². The van der Waals surface area contributed by atoms with Crippen LogP contribution in [-0.4, -0.2) is 37.9 Å². The molecule has 0 spiro atoms. The average Bonchev–Trinajstić information content (AvgIpc) is 2.46. The van der Waals surface area contributed by atoms with E-state index in [1.165, 1.54) is 0 Å². The van der Waals surface area contributed by atoms with Crippen molar-refractivity contribution in [1.82, 2.24) is 10.6 Å². The van der Waals surface area contributed by atoms with Gasteiger partial charge in [0.15, 0.2) is 0 Å². The lowest BCUT2D eigenvalue weighted by molar-refractivity contribution is 0.0154. The molecule has 1 aromatic carbocycles. The zero-order valence-electron chi connectivity index (χ0n) is 13.6. The van der Waals surface area contributed by atoms with Gasteiger partial charge in [-0.2, -0.15) is 0 Å². The first-order chi connectivity index (χ1) is 10.6. The highest BCUT2D eigenvalue weighted by atomic mass is 16.5. The highest BCUT2D eigenvalue weighted by molar-refractivity contribution is 5.74. The van der Waals surface area contributed by atoms with Gasteiger partial charge in [0, 0.05) is 12.6 Å². The lowest BCUT2D eigenvalue weighted by atomic mass is 10.0. The summed E-state index contributed by atoms with van der Waals surface area (Å²) in [6.45, 7) is 7.73. The monoisotopic (exact) mass is 306 g/mol. The Morgan fingerprint density at radius 2 is 2.09 bits per heavy atom. The molecule has 0 aliphatic carbocycles.